The molecule has 1 N–H and O–H groups in total. The fourth-order valence-electron chi connectivity index (χ4n) is 1.80. The molecule has 0 heterocycles. The highest BCUT2D eigenvalue weighted by Crippen LogP contribution is 2.35. The Morgan fingerprint density at radius 2 is 2.00 bits per heavy atom. The van der Waals surface area contributed by atoms with Crippen LogP contribution in [0.4, 0.5) is 0 Å². The minimum atomic E-state index is 0.824. The van der Waals surface area contributed by atoms with Crippen LogP contribution in [-0.4, -0.2) is 12.6 Å². The molecule has 0 spiro atoms. The van der Waals surface area contributed by atoms with Gasteiger partial charge in [0.25, 0.3) is 0 Å². The van der Waals surface area contributed by atoms with Crippen LogP contribution in [0.2, 0.25) is 0 Å². The van der Waals surface area contributed by atoms with Gasteiger partial charge < -0.3 is 5.32 Å². The van der Waals surface area contributed by atoms with E-state index >= 15 is 0 Å². The van der Waals surface area contributed by atoms with Gasteiger partial charge in [-0.15, -0.1) is 0 Å². The summed E-state index contributed by atoms with van der Waals surface area (Å²) < 4.78 is 0. The van der Waals surface area contributed by atoms with Gasteiger partial charge in [0.15, 0.2) is 0 Å². The van der Waals surface area contributed by atoms with Gasteiger partial charge in [-0.1, -0.05) is 27.2 Å². The third kappa shape index (κ3) is 3.14. The molecule has 0 radical (unpaired) electrons. The second-order valence-corrected chi connectivity index (χ2v) is 4.25. The van der Waals surface area contributed by atoms with Gasteiger partial charge in [-0.2, -0.15) is 0 Å². The summed E-state index contributed by atoms with van der Waals surface area (Å²) in [4.78, 5) is 0. The number of nitrogens with one attached hydrogen (secondary N) is 1. The van der Waals surface area contributed by atoms with Crippen molar-refractivity contribution in [3.63, 3.8) is 0 Å². The molecule has 72 valence electrons. The van der Waals surface area contributed by atoms with Gasteiger partial charge in [-0.3, -0.25) is 0 Å². The van der Waals surface area contributed by atoms with Crippen molar-refractivity contribution in [2.75, 3.05) is 6.54 Å². The Morgan fingerprint density at radius 3 is 2.42 bits per heavy atom. The fourth-order valence-corrected chi connectivity index (χ4v) is 1.80. The largest absolute Gasteiger partial charge is 0.314 e. The zero-order chi connectivity index (χ0) is 8.97. The summed E-state index contributed by atoms with van der Waals surface area (Å²) in [6.45, 7) is 8.01. The summed E-state index contributed by atoms with van der Waals surface area (Å²) in [5, 5.41) is 3.61. The van der Waals surface area contributed by atoms with Gasteiger partial charge >= 0.3 is 0 Å². The highest BCUT2D eigenvalue weighted by Gasteiger charge is 2.30. The predicted molar refractivity (Wildman–Crippen MR) is 54.3 cm³/mol. The van der Waals surface area contributed by atoms with Crippen LogP contribution < -0.4 is 5.32 Å². The van der Waals surface area contributed by atoms with Gasteiger partial charge in [-0.25, -0.2) is 0 Å². The van der Waals surface area contributed by atoms with Gasteiger partial charge in [0.05, 0.1) is 0 Å². The first-order valence-corrected chi connectivity index (χ1v) is 5.51. The van der Waals surface area contributed by atoms with Crippen molar-refractivity contribution in [3.05, 3.63) is 0 Å². The quantitative estimate of drug-likeness (QED) is 0.644. The molecular weight excluding hydrogens is 146 g/mol. The van der Waals surface area contributed by atoms with Crippen LogP contribution in [0.1, 0.15) is 46.5 Å². The van der Waals surface area contributed by atoms with E-state index in [9.17, 15) is 0 Å². The Balaban J connectivity index is 2.22. The van der Waals surface area contributed by atoms with E-state index in [1.165, 1.54) is 25.7 Å². The average molecular weight is 169 g/mol. The summed E-state index contributed by atoms with van der Waals surface area (Å²) >= 11 is 0. The molecule has 0 bridgehead atoms. The third-order valence-electron chi connectivity index (χ3n) is 3.01. The van der Waals surface area contributed by atoms with Crippen molar-refractivity contribution in [1.29, 1.82) is 0 Å². The fraction of sp³-hybridized carbons (Fsp3) is 1.00. The lowest BCUT2D eigenvalue weighted by molar-refractivity contribution is 0.369. The number of rotatable bonds is 6. The molecule has 0 aliphatic heterocycles. The van der Waals surface area contributed by atoms with Crippen molar-refractivity contribution in [2.45, 2.75) is 52.5 Å². The van der Waals surface area contributed by atoms with E-state index < -0.39 is 0 Å². The molecule has 1 fully saturated rings. The Hall–Kier alpha value is -0.0400. The van der Waals surface area contributed by atoms with E-state index in [4.69, 9.17) is 0 Å². The first kappa shape index (κ1) is 10.0. The summed E-state index contributed by atoms with van der Waals surface area (Å²) in [7, 11) is 0. The Morgan fingerprint density at radius 1 is 1.33 bits per heavy atom. The van der Waals surface area contributed by atoms with Crippen LogP contribution in [-0.2, 0) is 0 Å². The summed E-state index contributed by atoms with van der Waals surface area (Å²) in [5.74, 6) is 1.91. The van der Waals surface area contributed by atoms with Crippen LogP contribution in [0.5, 0.6) is 0 Å². The standard InChI is InChI=1S/C11H23N/c1-4-9(3)8-11(12-5-2)10-6-7-10/h9-12H,4-8H2,1-3H3. The molecule has 1 nitrogen and oxygen atoms in total. The van der Waals surface area contributed by atoms with Crippen molar-refractivity contribution < 1.29 is 0 Å². The highest BCUT2D eigenvalue weighted by molar-refractivity contribution is 4.86. The molecule has 2 atom stereocenters. The number of hydrogen-bond donors (Lipinski definition) is 1. The predicted octanol–water partition coefficient (Wildman–Crippen LogP) is 2.81. The lowest BCUT2D eigenvalue weighted by Gasteiger charge is -2.20. The molecule has 2 unspecified atom stereocenters. The molecule has 0 saturated heterocycles. The molecule has 1 aliphatic rings. The van der Waals surface area contributed by atoms with Crippen molar-refractivity contribution in [2.24, 2.45) is 11.8 Å². The maximum atomic E-state index is 3.61. The lowest BCUT2D eigenvalue weighted by Crippen LogP contribution is -2.32. The van der Waals surface area contributed by atoms with E-state index in [0.717, 1.165) is 24.4 Å². The zero-order valence-electron chi connectivity index (χ0n) is 8.77. The van der Waals surface area contributed by atoms with Crippen LogP contribution >= 0.6 is 0 Å². The zero-order valence-corrected chi connectivity index (χ0v) is 8.77. The first-order valence-electron chi connectivity index (χ1n) is 5.51. The lowest BCUT2D eigenvalue weighted by atomic mass is 9.96. The molecule has 0 aromatic heterocycles. The van der Waals surface area contributed by atoms with E-state index in [1.54, 1.807) is 0 Å². The van der Waals surface area contributed by atoms with Crippen molar-refractivity contribution >= 4 is 0 Å². The first-order chi connectivity index (χ1) is 5.77. The Labute approximate surface area is 76.9 Å². The van der Waals surface area contributed by atoms with E-state index in [1.807, 2.05) is 0 Å². The van der Waals surface area contributed by atoms with Gasteiger partial charge in [-0.05, 0) is 37.6 Å². The van der Waals surface area contributed by atoms with Crippen LogP contribution in [0.15, 0.2) is 0 Å². The molecule has 0 amide bonds. The highest BCUT2D eigenvalue weighted by atomic mass is 14.9. The smallest absolute Gasteiger partial charge is 0.00977 e. The van der Waals surface area contributed by atoms with E-state index in [-0.39, 0.29) is 0 Å². The average Bonchev–Trinajstić information content (AvgIpc) is 2.86. The molecule has 0 aromatic carbocycles. The molecule has 1 heteroatoms. The number of hydrogen-bond acceptors (Lipinski definition) is 1. The van der Waals surface area contributed by atoms with Crippen LogP contribution in [0.25, 0.3) is 0 Å². The second kappa shape index (κ2) is 4.86. The molecule has 1 rings (SSSR count). The normalized spacial score (nSPS) is 22.2. The molecule has 12 heavy (non-hydrogen) atoms. The van der Waals surface area contributed by atoms with Crippen LogP contribution in [0, 0.1) is 11.8 Å². The molecule has 1 aliphatic carbocycles. The van der Waals surface area contributed by atoms with Gasteiger partial charge in [0.2, 0.25) is 0 Å². The van der Waals surface area contributed by atoms with Gasteiger partial charge in [0, 0.05) is 6.04 Å². The van der Waals surface area contributed by atoms with E-state index in [0.29, 0.717) is 0 Å². The summed E-state index contributed by atoms with van der Waals surface area (Å²) in [5.41, 5.74) is 0. The minimum Gasteiger partial charge on any atom is -0.314 e. The maximum absolute atomic E-state index is 3.61. The maximum Gasteiger partial charge on any atom is 0.00977 e. The van der Waals surface area contributed by atoms with E-state index in [2.05, 4.69) is 26.1 Å². The topological polar surface area (TPSA) is 12.0 Å². The Kier molecular flexibility index (Phi) is 4.07. The monoisotopic (exact) mass is 169 g/mol. The second-order valence-electron chi connectivity index (χ2n) is 4.25. The molecule has 0 aromatic rings. The minimum absolute atomic E-state index is 0.824. The third-order valence-corrected chi connectivity index (χ3v) is 3.01. The molecule has 1 saturated carbocycles. The molecular formula is C11H23N. The van der Waals surface area contributed by atoms with Gasteiger partial charge in [0.1, 0.15) is 0 Å². The van der Waals surface area contributed by atoms with Crippen molar-refractivity contribution in [1.82, 2.24) is 5.32 Å². The Bertz CT molecular complexity index is 118. The SMILES string of the molecule is CCNC(CC(C)CC)C1CC1. The van der Waals surface area contributed by atoms with Crippen molar-refractivity contribution in [3.8, 4) is 0 Å². The van der Waals surface area contributed by atoms with Crippen LogP contribution in [0.3, 0.4) is 0 Å². The summed E-state index contributed by atoms with van der Waals surface area (Å²) in [6, 6.07) is 0.824. The summed E-state index contributed by atoms with van der Waals surface area (Å²) in [6.07, 6.45) is 5.64.